The summed E-state index contributed by atoms with van der Waals surface area (Å²) in [5, 5.41) is 11.9. The summed E-state index contributed by atoms with van der Waals surface area (Å²) >= 11 is 0. The van der Waals surface area contributed by atoms with Gasteiger partial charge in [-0.3, -0.25) is 4.98 Å². The average molecular weight is 690 g/mol. The Hall–Kier alpha value is -7.30. The van der Waals surface area contributed by atoms with Gasteiger partial charge in [0.2, 0.25) is 0 Å². The second-order valence-electron chi connectivity index (χ2n) is 13.5. The van der Waals surface area contributed by atoms with Gasteiger partial charge >= 0.3 is 0 Å². The molecule has 0 radical (unpaired) electrons. The van der Waals surface area contributed by atoms with Gasteiger partial charge in [-0.25, -0.2) is 15.0 Å². The largest absolute Gasteiger partial charge is 0.264 e. The highest BCUT2D eigenvalue weighted by Gasteiger charge is 2.14. The van der Waals surface area contributed by atoms with E-state index in [2.05, 4.69) is 162 Å². The molecule has 0 amide bonds. The van der Waals surface area contributed by atoms with Crippen LogP contribution in [0.3, 0.4) is 0 Å². The van der Waals surface area contributed by atoms with Gasteiger partial charge in [0.25, 0.3) is 0 Å². The first-order valence-electron chi connectivity index (χ1n) is 18.2. The van der Waals surface area contributed by atoms with Crippen LogP contribution in [-0.4, -0.2) is 15.0 Å². The Morgan fingerprint density at radius 3 is 1.30 bits per heavy atom. The van der Waals surface area contributed by atoms with Crippen molar-refractivity contribution in [2.24, 2.45) is 0 Å². The summed E-state index contributed by atoms with van der Waals surface area (Å²) in [6.45, 7) is 0. The zero-order valence-corrected chi connectivity index (χ0v) is 29.3. The van der Waals surface area contributed by atoms with Crippen LogP contribution in [0.5, 0.6) is 0 Å². The summed E-state index contributed by atoms with van der Waals surface area (Å²) in [7, 11) is 0. The van der Waals surface area contributed by atoms with Crippen molar-refractivity contribution in [3.05, 3.63) is 195 Å². The van der Waals surface area contributed by atoms with Crippen molar-refractivity contribution < 1.29 is 4.98 Å². The zero-order chi connectivity index (χ0) is 35.8. The standard InChI is InChI=1S/C50H32N4/c1-2-15-40-38(13-1)39-14-3-4-16-41(39)43-18-7-8-20-45(43)47-29-35(25-26-46(47)44-19-6-5-17-42(40)44)50-53-48(30-49(54-50)37-12-10-28-52-32-37)34-23-21-33(22-24-34)36-11-9-27-51-31-36/h1-32H/p+1. The van der Waals surface area contributed by atoms with E-state index in [1.54, 1.807) is 6.20 Å². The monoisotopic (exact) mass is 689 g/mol. The topological polar surface area (TPSA) is 52.8 Å². The fourth-order valence-electron chi connectivity index (χ4n) is 7.75. The van der Waals surface area contributed by atoms with Gasteiger partial charge in [-0.15, -0.1) is 0 Å². The third-order valence-corrected chi connectivity index (χ3v) is 10.3. The second-order valence-corrected chi connectivity index (χ2v) is 13.5. The third kappa shape index (κ3) is 5.58. The lowest BCUT2D eigenvalue weighted by Gasteiger charge is -2.12. The molecule has 0 saturated carbocycles. The van der Waals surface area contributed by atoms with Gasteiger partial charge in [0, 0.05) is 40.7 Å². The van der Waals surface area contributed by atoms with E-state index in [-0.39, 0.29) is 0 Å². The van der Waals surface area contributed by atoms with E-state index >= 15 is 0 Å². The Labute approximate surface area is 312 Å². The first kappa shape index (κ1) is 31.4. The van der Waals surface area contributed by atoms with Crippen LogP contribution in [0.4, 0.5) is 0 Å². The SMILES string of the molecule is c1c[nH+]cc(-c2ccc(-c3cc(-c4cccnc4)nc(-c4ccc5c6ccccc6c6ccccc6c6ccccc6c6ccccc6c5c4)n3)cc2)c1. The molecule has 0 fully saturated rings. The minimum atomic E-state index is 0.657. The molecule has 10 aromatic rings. The molecule has 0 aliphatic carbocycles. The lowest BCUT2D eigenvalue weighted by Crippen LogP contribution is -1.98. The molecule has 54 heavy (non-hydrogen) atoms. The van der Waals surface area contributed by atoms with Gasteiger partial charge in [0.1, 0.15) is 0 Å². The molecule has 0 aliphatic heterocycles. The number of nitrogens with zero attached hydrogens (tertiary/aromatic N) is 3. The molecule has 0 bridgehead atoms. The Kier molecular flexibility index (Phi) is 7.77. The molecule has 0 unspecified atom stereocenters. The summed E-state index contributed by atoms with van der Waals surface area (Å²) in [4.78, 5) is 18.1. The lowest BCUT2D eigenvalue weighted by molar-refractivity contribution is -0.377. The van der Waals surface area contributed by atoms with E-state index < -0.39 is 0 Å². The number of hydrogen-bond acceptors (Lipinski definition) is 3. The van der Waals surface area contributed by atoms with E-state index in [0.29, 0.717) is 5.82 Å². The normalized spacial score (nSPS) is 11.3. The summed E-state index contributed by atoms with van der Waals surface area (Å²) < 4.78 is 0. The number of nitrogens with one attached hydrogen (secondary N) is 1. The number of rotatable bonds is 4. The maximum absolute atomic E-state index is 5.25. The minimum absolute atomic E-state index is 0.657. The van der Waals surface area contributed by atoms with Crippen LogP contribution in [-0.2, 0) is 0 Å². The molecule has 252 valence electrons. The number of pyridine rings is 2. The van der Waals surface area contributed by atoms with Crippen molar-refractivity contribution >= 4 is 53.9 Å². The maximum Gasteiger partial charge on any atom is 0.174 e. The van der Waals surface area contributed by atoms with Gasteiger partial charge < -0.3 is 0 Å². The van der Waals surface area contributed by atoms with Crippen molar-refractivity contribution in [2.75, 3.05) is 0 Å². The molecule has 0 saturated heterocycles. The first-order valence-corrected chi connectivity index (χ1v) is 18.2. The van der Waals surface area contributed by atoms with Crippen LogP contribution in [0.1, 0.15) is 0 Å². The van der Waals surface area contributed by atoms with E-state index in [9.17, 15) is 0 Å². The van der Waals surface area contributed by atoms with Crippen LogP contribution in [0.25, 0.3) is 98.9 Å². The fraction of sp³-hybridized carbons (Fsp3) is 0. The third-order valence-electron chi connectivity index (χ3n) is 10.3. The Balaban J connectivity index is 1.28. The molecule has 1 N–H and O–H groups in total. The highest BCUT2D eigenvalue weighted by atomic mass is 14.9. The molecule has 4 nitrogen and oxygen atoms in total. The van der Waals surface area contributed by atoms with Crippen LogP contribution in [0, 0.1) is 0 Å². The van der Waals surface area contributed by atoms with E-state index in [0.717, 1.165) is 55.4 Å². The van der Waals surface area contributed by atoms with Crippen molar-refractivity contribution in [1.82, 2.24) is 15.0 Å². The Morgan fingerprint density at radius 2 is 0.796 bits per heavy atom. The van der Waals surface area contributed by atoms with Crippen molar-refractivity contribution in [3.63, 3.8) is 0 Å². The average Bonchev–Trinajstić information content (AvgIpc) is 3.26. The van der Waals surface area contributed by atoms with Crippen molar-refractivity contribution in [2.45, 2.75) is 0 Å². The molecule has 3 aromatic heterocycles. The molecule has 0 aliphatic rings. The molecular weight excluding hydrogens is 657 g/mol. The van der Waals surface area contributed by atoms with Gasteiger partial charge in [-0.2, -0.15) is 0 Å². The second kappa shape index (κ2) is 13.4. The Morgan fingerprint density at radius 1 is 0.333 bits per heavy atom. The predicted molar refractivity (Wildman–Crippen MR) is 223 cm³/mol. The summed E-state index contributed by atoms with van der Waals surface area (Å²) in [5.41, 5.74) is 6.82. The molecule has 3 heterocycles. The predicted octanol–water partition coefficient (Wildman–Crippen LogP) is 12.2. The summed E-state index contributed by atoms with van der Waals surface area (Å²) in [6.07, 6.45) is 7.58. The summed E-state index contributed by atoms with van der Waals surface area (Å²) in [5.74, 6) is 0.657. The molecular formula is C50H33N4+. The van der Waals surface area contributed by atoms with Crippen LogP contribution in [0.15, 0.2) is 195 Å². The molecule has 7 aromatic carbocycles. The number of hydrogen-bond donors (Lipinski definition) is 0. The van der Waals surface area contributed by atoms with Gasteiger partial charge in [-0.05, 0) is 89.8 Å². The van der Waals surface area contributed by atoms with Gasteiger partial charge in [0.05, 0.1) is 11.4 Å². The maximum atomic E-state index is 5.25. The van der Waals surface area contributed by atoms with Crippen LogP contribution in [0.2, 0.25) is 0 Å². The number of benzene rings is 6. The van der Waals surface area contributed by atoms with Crippen LogP contribution < -0.4 is 4.98 Å². The van der Waals surface area contributed by atoms with Crippen molar-refractivity contribution in [3.8, 4) is 45.0 Å². The van der Waals surface area contributed by atoms with E-state index in [1.165, 1.54) is 37.7 Å². The van der Waals surface area contributed by atoms with Gasteiger partial charge in [0.15, 0.2) is 18.2 Å². The van der Waals surface area contributed by atoms with Crippen molar-refractivity contribution in [1.29, 1.82) is 0 Å². The number of aromatic nitrogens is 4. The number of aromatic amines is 1. The zero-order valence-electron chi connectivity index (χ0n) is 29.3. The molecule has 4 heteroatoms. The molecule has 10 rings (SSSR count). The summed E-state index contributed by atoms with van der Waals surface area (Å²) in [6, 6.07) is 60.5. The highest BCUT2D eigenvalue weighted by molar-refractivity contribution is 6.26. The highest BCUT2D eigenvalue weighted by Crippen LogP contribution is 2.37. The number of H-pyrrole nitrogens is 1. The van der Waals surface area contributed by atoms with E-state index in [1.807, 2.05) is 36.8 Å². The smallest absolute Gasteiger partial charge is 0.174 e. The quantitative estimate of drug-likeness (QED) is 0.185. The van der Waals surface area contributed by atoms with Crippen LogP contribution >= 0.6 is 0 Å². The minimum Gasteiger partial charge on any atom is -0.264 e. The van der Waals surface area contributed by atoms with Gasteiger partial charge in [-0.1, -0.05) is 133 Å². The van der Waals surface area contributed by atoms with E-state index in [4.69, 9.17) is 9.97 Å². The number of fused-ring (bicyclic) bond motifs is 10. The fourth-order valence-corrected chi connectivity index (χ4v) is 7.75. The first-order chi connectivity index (χ1) is 26.8. The molecule has 0 spiro atoms. The Bertz CT molecular complexity index is 3010. The molecule has 0 atom stereocenters. The lowest BCUT2D eigenvalue weighted by atomic mass is 9.93.